The molecule has 15 heteroatoms. The smallest absolute Gasteiger partial charge is 0.431 e. The van der Waals surface area contributed by atoms with Gasteiger partial charge in [0, 0.05) is 13.1 Å². The third-order valence-electron chi connectivity index (χ3n) is 2.82. The van der Waals surface area contributed by atoms with Crippen LogP contribution in [0.4, 0.5) is 9.59 Å². The van der Waals surface area contributed by atoms with Gasteiger partial charge in [0.15, 0.2) is 6.61 Å². The minimum absolute atomic E-state index is 0.0128. The van der Waals surface area contributed by atoms with Crippen LogP contribution in [0.5, 0.6) is 0 Å². The number of hydrogen-bond acceptors (Lipinski definition) is 8. The van der Waals surface area contributed by atoms with Gasteiger partial charge in [0.05, 0.1) is 19.6 Å². The Morgan fingerprint density at radius 3 is 1.65 bits per heavy atom. The number of carboxylic acid groups (broad SMARTS) is 1. The van der Waals surface area contributed by atoms with Crippen LogP contribution >= 0.6 is 0 Å². The highest BCUT2D eigenvalue weighted by Gasteiger charge is 2.16. The van der Waals surface area contributed by atoms with Crippen LogP contribution in [0.25, 0.3) is 0 Å². The summed E-state index contributed by atoms with van der Waals surface area (Å²) in [4.78, 5) is 72.2. The molecule has 0 radical (unpaired) electrons. The van der Waals surface area contributed by atoms with Crippen LogP contribution in [0.2, 0.25) is 0 Å². The van der Waals surface area contributed by atoms with Gasteiger partial charge in [-0.1, -0.05) is 0 Å². The van der Waals surface area contributed by atoms with E-state index in [1.807, 2.05) is 10.8 Å². The van der Waals surface area contributed by atoms with Crippen LogP contribution in [0.3, 0.4) is 0 Å². The maximum atomic E-state index is 11.6. The second-order valence-corrected chi connectivity index (χ2v) is 6.80. The van der Waals surface area contributed by atoms with Crippen molar-refractivity contribution in [2.45, 2.75) is 26.4 Å². The van der Waals surface area contributed by atoms with Crippen LogP contribution in [-0.2, 0) is 28.8 Å². The lowest BCUT2D eigenvalue weighted by molar-refractivity contribution is -0.131. The van der Waals surface area contributed by atoms with Crippen LogP contribution in [-0.4, -0.2) is 85.9 Å². The molecule has 31 heavy (non-hydrogen) atoms. The summed E-state index contributed by atoms with van der Waals surface area (Å²) in [6.07, 6.45) is -2.10. The number of nitrogens with one attached hydrogen (secondary N) is 6. The van der Waals surface area contributed by atoms with E-state index in [2.05, 4.69) is 26.1 Å². The topological polar surface area (TPSA) is 213 Å². The molecule has 0 heterocycles. The molecule has 0 aromatic heterocycles. The summed E-state index contributed by atoms with van der Waals surface area (Å²) < 4.78 is 4.88. The fraction of sp³-hybridized carbons (Fsp3) is 0.625. The Balaban J connectivity index is 3.82. The van der Waals surface area contributed by atoms with Crippen molar-refractivity contribution in [3.05, 3.63) is 0 Å². The van der Waals surface area contributed by atoms with E-state index in [4.69, 9.17) is 9.84 Å². The summed E-state index contributed by atoms with van der Waals surface area (Å²) in [5.74, 6) is -2.57. The zero-order valence-electron chi connectivity index (χ0n) is 17.5. The molecule has 0 saturated carbocycles. The van der Waals surface area contributed by atoms with Crippen molar-refractivity contribution in [3.63, 3.8) is 0 Å². The summed E-state index contributed by atoms with van der Waals surface area (Å²) in [5.41, 5.74) is 1.17. The van der Waals surface area contributed by atoms with Gasteiger partial charge in [0.2, 0.25) is 23.6 Å². The van der Waals surface area contributed by atoms with Crippen molar-refractivity contribution in [3.8, 4) is 0 Å². The molecule has 176 valence electrons. The van der Waals surface area contributed by atoms with E-state index >= 15 is 0 Å². The average Bonchev–Trinajstić information content (AvgIpc) is 2.64. The molecule has 0 saturated heterocycles. The number of hydrogen-bond donors (Lipinski definition) is 7. The van der Waals surface area contributed by atoms with Gasteiger partial charge in [-0.25, -0.2) is 9.59 Å². The zero-order valence-corrected chi connectivity index (χ0v) is 17.5. The lowest BCUT2D eigenvalue weighted by Gasteiger charge is -2.19. The number of carbonyl (C=O) groups is 6. The lowest BCUT2D eigenvalue weighted by Crippen LogP contribution is -2.45. The normalized spacial score (nSPS) is 10.3. The molecule has 0 unspecified atom stereocenters. The van der Waals surface area contributed by atoms with Crippen molar-refractivity contribution in [2.24, 2.45) is 0 Å². The fourth-order valence-electron chi connectivity index (χ4n) is 1.61. The van der Waals surface area contributed by atoms with Gasteiger partial charge >= 0.3 is 12.2 Å². The molecular weight excluding hydrogens is 420 g/mol. The molecule has 0 aromatic carbocycles. The Kier molecular flexibility index (Phi) is 12.7. The highest BCUT2D eigenvalue weighted by molar-refractivity contribution is 5.90. The van der Waals surface area contributed by atoms with E-state index in [-0.39, 0.29) is 19.6 Å². The second kappa shape index (κ2) is 14.4. The molecule has 7 N–H and O–H groups in total. The predicted molar refractivity (Wildman–Crippen MR) is 103 cm³/mol. The third kappa shape index (κ3) is 18.2. The van der Waals surface area contributed by atoms with Gasteiger partial charge in [-0.2, -0.15) is 5.48 Å². The van der Waals surface area contributed by atoms with E-state index in [0.29, 0.717) is 0 Å². The Morgan fingerprint density at radius 1 is 0.710 bits per heavy atom. The first-order chi connectivity index (χ1) is 14.4. The summed E-state index contributed by atoms with van der Waals surface area (Å²) >= 11 is 0. The number of rotatable bonds is 12. The largest absolute Gasteiger partial charge is 0.465 e. The van der Waals surface area contributed by atoms with Crippen LogP contribution in [0.1, 0.15) is 20.8 Å². The zero-order chi connectivity index (χ0) is 23.9. The lowest BCUT2D eigenvalue weighted by atomic mass is 10.2. The van der Waals surface area contributed by atoms with Crippen molar-refractivity contribution in [1.29, 1.82) is 0 Å². The summed E-state index contributed by atoms with van der Waals surface area (Å²) in [7, 11) is 0. The minimum atomic E-state index is -1.22. The molecule has 0 fully saturated rings. The molecule has 0 rings (SSSR count). The monoisotopic (exact) mass is 448 g/mol. The van der Waals surface area contributed by atoms with Crippen molar-refractivity contribution < 1.29 is 43.4 Å². The number of hydroxylamine groups is 1. The van der Waals surface area contributed by atoms with Gasteiger partial charge in [-0.15, -0.1) is 0 Å². The molecule has 0 bridgehead atoms. The van der Waals surface area contributed by atoms with Gasteiger partial charge in [-0.3, -0.25) is 24.0 Å². The van der Waals surface area contributed by atoms with Crippen molar-refractivity contribution >= 4 is 35.8 Å². The van der Waals surface area contributed by atoms with E-state index in [1.54, 1.807) is 20.8 Å². The maximum absolute atomic E-state index is 11.6. The molecule has 0 aliphatic heterocycles. The van der Waals surface area contributed by atoms with Crippen LogP contribution in [0, 0.1) is 0 Å². The first-order valence-electron chi connectivity index (χ1n) is 9.03. The van der Waals surface area contributed by atoms with E-state index < -0.39 is 61.1 Å². The fourth-order valence-corrected chi connectivity index (χ4v) is 1.61. The van der Waals surface area contributed by atoms with Crippen LogP contribution < -0.4 is 32.1 Å². The van der Waals surface area contributed by atoms with E-state index in [9.17, 15) is 28.8 Å². The highest BCUT2D eigenvalue weighted by atomic mass is 16.7. The van der Waals surface area contributed by atoms with E-state index in [0.717, 1.165) is 0 Å². The number of ether oxygens (including phenoxy) is 1. The second-order valence-electron chi connectivity index (χ2n) is 6.80. The number of carbonyl (C=O) groups excluding carboxylic acids is 5. The minimum Gasteiger partial charge on any atom is -0.465 e. The quantitative estimate of drug-likeness (QED) is 0.121. The molecule has 0 aromatic rings. The summed E-state index contributed by atoms with van der Waals surface area (Å²) in [5, 5.41) is 19.4. The van der Waals surface area contributed by atoms with Crippen molar-refractivity contribution in [2.75, 3.05) is 39.3 Å². The van der Waals surface area contributed by atoms with Gasteiger partial charge in [0.25, 0.3) is 0 Å². The van der Waals surface area contributed by atoms with E-state index in [1.165, 1.54) is 0 Å². The van der Waals surface area contributed by atoms with Crippen molar-refractivity contribution in [1.82, 2.24) is 32.1 Å². The molecule has 15 nitrogen and oxygen atoms in total. The Labute approximate surface area is 177 Å². The van der Waals surface area contributed by atoms with Gasteiger partial charge < -0.3 is 36.4 Å². The average molecular weight is 448 g/mol. The highest BCUT2D eigenvalue weighted by Crippen LogP contribution is 2.06. The van der Waals surface area contributed by atoms with Gasteiger partial charge in [-0.05, 0) is 20.8 Å². The molecular formula is C16H28N6O9. The number of amides is 6. The SMILES string of the molecule is CC(C)(C)OC(=O)NOCC(=O)NCC(=O)NCC(=O)NCC(=O)NCCNC(=O)O. The standard InChI is InChI=1S/C16H28N6O9/c1-16(2,3)31-15(29)22-30-9-13(26)21-8-12(25)20-7-11(24)19-6-10(23)17-4-5-18-14(27)28/h18H,4-9H2,1-3H3,(H,17,23)(H,19,24)(H,20,25)(H,21,26)(H,22,29)(H,27,28). The molecule has 6 amide bonds. The molecule has 0 aliphatic carbocycles. The summed E-state index contributed by atoms with van der Waals surface area (Å²) in [6.45, 7) is 3.21. The molecule has 0 aliphatic rings. The first-order valence-corrected chi connectivity index (χ1v) is 9.03. The van der Waals surface area contributed by atoms with Crippen LogP contribution in [0.15, 0.2) is 0 Å². The molecule has 0 atom stereocenters. The maximum Gasteiger partial charge on any atom is 0.431 e. The Hall–Kier alpha value is -3.62. The predicted octanol–water partition coefficient (Wildman–Crippen LogP) is -2.82. The Morgan fingerprint density at radius 2 is 1.16 bits per heavy atom. The molecule has 0 spiro atoms. The van der Waals surface area contributed by atoms with Gasteiger partial charge in [0.1, 0.15) is 5.60 Å². The summed E-state index contributed by atoms with van der Waals surface area (Å²) in [6, 6.07) is 0. The third-order valence-corrected chi connectivity index (χ3v) is 2.82. The Bertz CT molecular complexity index is 662. The first kappa shape index (κ1) is 27.4.